The third-order valence-corrected chi connectivity index (χ3v) is 1.85. The van der Waals surface area contributed by atoms with Gasteiger partial charge in [-0.05, 0) is 18.2 Å². The van der Waals surface area contributed by atoms with Gasteiger partial charge in [0, 0.05) is 12.1 Å². The molecule has 0 unspecified atom stereocenters. The smallest absolute Gasteiger partial charge is 0.219 e. The molecular weight excluding hydrogens is 190 g/mol. The number of methoxy groups -OCH3 is 1. The van der Waals surface area contributed by atoms with Gasteiger partial charge in [-0.3, -0.25) is 0 Å². The van der Waals surface area contributed by atoms with Gasteiger partial charge in [-0.1, -0.05) is 12.1 Å². The van der Waals surface area contributed by atoms with Gasteiger partial charge in [0.1, 0.15) is 11.5 Å². The van der Waals surface area contributed by atoms with Crippen LogP contribution in [0.15, 0.2) is 42.5 Å². The third kappa shape index (κ3) is 2.47. The van der Waals surface area contributed by atoms with E-state index in [4.69, 9.17) is 9.47 Å². The molecule has 3 heteroatoms. The molecule has 0 spiro atoms. The Morgan fingerprint density at radius 1 is 1.13 bits per heavy atom. The highest BCUT2D eigenvalue weighted by atomic mass is 16.5. The van der Waals surface area contributed by atoms with Crippen LogP contribution in [0.2, 0.25) is 0 Å². The molecule has 0 amide bonds. The zero-order valence-electron chi connectivity index (χ0n) is 8.31. The van der Waals surface area contributed by atoms with Crippen LogP contribution in [0, 0.1) is 6.20 Å². The van der Waals surface area contributed by atoms with Crippen molar-refractivity contribution in [3.8, 4) is 17.4 Å². The summed E-state index contributed by atoms with van der Waals surface area (Å²) in [7, 11) is 1.62. The van der Waals surface area contributed by atoms with Gasteiger partial charge in [0.15, 0.2) is 0 Å². The van der Waals surface area contributed by atoms with E-state index >= 15 is 0 Å². The topological polar surface area (TPSA) is 31.4 Å². The Labute approximate surface area is 88.3 Å². The number of benzene rings is 1. The quantitative estimate of drug-likeness (QED) is 0.763. The van der Waals surface area contributed by atoms with Crippen molar-refractivity contribution in [1.82, 2.24) is 4.98 Å². The highest BCUT2D eigenvalue weighted by molar-refractivity contribution is 5.34. The Bertz CT molecular complexity index is 429. The van der Waals surface area contributed by atoms with Gasteiger partial charge < -0.3 is 9.47 Å². The maximum Gasteiger partial charge on any atom is 0.219 e. The molecular formula is C12H10NO2. The average molecular weight is 200 g/mol. The van der Waals surface area contributed by atoms with E-state index in [1.807, 2.05) is 24.3 Å². The second kappa shape index (κ2) is 4.46. The van der Waals surface area contributed by atoms with Crippen LogP contribution >= 0.6 is 0 Å². The van der Waals surface area contributed by atoms with Crippen molar-refractivity contribution in [2.75, 3.05) is 7.11 Å². The minimum atomic E-state index is 0.519. The van der Waals surface area contributed by atoms with Crippen LogP contribution in [0.4, 0.5) is 0 Å². The molecule has 1 heterocycles. The van der Waals surface area contributed by atoms with Gasteiger partial charge in [0.25, 0.3) is 0 Å². The third-order valence-electron chi connectivity index (χ3n) is 1.85. The molecule has 75 valence electrons. The van der Waals surface area contributed by atoms with Crippen molar-refractivity contribution in [3.05, 3.63) is 48.7 Å². The van der Waals surface area contributed by atoms with Crippen LogP contribution in [0.25, 0.3) is 0 Å². The normalized spacial score (nSPS) is 9.67. The summed E-state index contributed by atoms with van der Waals surface area (Å²) in [6.07, 6.45) is 2.70. The molecule has 2 aromatic rings. The number of rotatable bonds is 3. The molecule has 0 aliphatic heterocycles. The summed E-state index contributed by atoms with van der Waals surface area (Å²) in [5.74, 6) is 1.97. The van der Waals surface area contributed by atoms with Crippen molar-refractivity contribution in [2.45, 2.75) is 0 Å². The molecule has 0 atom stereocenters. The molecule has 0 N–H and O–H groups in total. The van der Waals surface area contributed by atoms with Crippen molar-refractivity contribution in [2.24, 2.45) is 0 Å². The number of nitrogens with zero attached hydrogens (tertiary/aromatic N) is 1. The fraction of sp³-hybridized carbons (Fsp3) is 0.0833. The van der Waals surface area contributed by atoms with E-state index in [1.54, 1.807) is 25.3 Å². The predicted molar refractivity (Wildman–Crippen MR) is 56.1 cm³/mol. The molecule has 1 aromatic heterocycles. The minimum absolute atomic E-state index is 0.519. The molecule has 0 aliphatic carbocycles. The van der Waals surface area contributed by atoms with E-state index in [0.29, 0.717) is 11.6 Å². The number of aromatic nitrogens is 1. The van der Waals surface area contributed by atoms with E-state index in [0.717, 1.165) is 5.75 Å². The molecule has 1 radical (unpaired) electrons. The zero-order valence-corrected chi connectivity index (χ0v) is 8.31. The molecule has 0 aliphatic rings. The summed E-state index contributed by atoms with van der Waals surface area (Å²) >= 11 is 0. The highest BCUT2D eigenvalue weighted by Gasteiger charge is 1.98. The summed E-state index contributed by atoms with van der Waals surface area (Å²) in [5.41, 5.74) is 0. The lowest BCUT2D eigenvalue weighted by molar-refractivity contribution is 0.407. The Morgan fingerprint density at radius 3 is 2.73 bits per heavy atom. The van der Waals surface area contributed by atoms with Gasteiger partial charge in [-0.15, -0.1) is 0 Å². The van der Waals surface area contributed by atoms with Crippen LogP contribution in [-0.4, -0.2) is 12.1 Å². The first-order valence-corrected chi connectivity index (χ1v) is 4.53. The maximum absolute atomic E-state index is 5.50. The number of hydrogen-bond donors (Lipinski definition) is 0. The molecule has 0 saturated carbocycles. The molecule has 0 fully saturated rings. The number of pyridine rings is 1. The number of ether oxygens (including phenoxy) is 2. The molecule has 2 rings (SSSR count). The maximum atomic E-state index is 5.50. The van der Waals surface area contributed by atoms with Gasteiger partial charge >= 0.3 is 0 Å². The Morgan fingerprint density at radius 2 is 2.00 bits per heavy atom. The second-order valence-electron chi connectivity index (χ2n) is 2.89. The fourth-order valence-electron chi connectivity index (χ4n) is 1.15. The first-order chi connectivity index (χ1) is 7.38. The largest absolute Gasteiger partial charge is 0.497 e. The van der Waals surface area contributed by atoms with Gasteiger partial charge in [0.05, 0.1) is 13.3 Å². The Balaban J connectivity index is 2.17. The lowest BCUT2D eigenvalue weighted by Crippen LogP contribution is -1.88. The van der Waals surface area contributed by atoms with Crippen molar-refractivity contribution in [1.29, 1.82) is 0 Å². The van der Waals surface area contributed by atoms with Crippen LogP contribution in [0.5, 0.6) is 17.4 Å². The van der Waals surface area contributed by atoms with E-state index in [-0.39, 0.29) is 0 Å². The Kier molecular flexibility index (Phi) is 2.83. The first kappa shape index (κ1) is 9.52. The van der Waals surface area contributed by atoms with Crippen molar-refractivity contribution < 1.29 is 9.47 Å². The SMILES string of the molecule is COc1cccc(Oc2ccc[c]n2)c1. The van der Waals surface area contributed by atoms with E-state index in [9.17, 15) is 0 Å². The lowest BCUT2D eigenvalue weighted by atomic mass is 10.3. The fourth-order valence-corrected chi connectivity index (χ4v) is 1.15. The molecule has 0 saturated heterocycles. The van der Waals surface area contributed by atoms with Gasteiger partial charge in [-0.2, -0.15) is 0 Å². The summed E-state index contributed by atoms with van der Waals surface area (Å²) in [4.78, 5) is 3.94. The molecule has 15 heavy (non-hydrogen) atoms. The second-order valence-corrected chi connectivity index (χ2v) is 2.89. The summed E-state index contributed by atoms with van der Waals surface area (Å²) in [5, 5.41) is 0. The minimum Gasteiger partial charge on any atom is -0.497 e. The standard InChI is InChI=1S/C12H10NO2/c1-14-10-5-4-6-11(9-10)15-12-7-2-3-8-13-12/h2-7,9H,1H3. The lowest BCUT2D eigenvalue weighted by Gasteiger charge is -2.05. The average Bonchev–Trinajstić information content (AvgIpc) is 2.31. The predicted octanol–water partition coefficient (Wildman–Crippen LogP) is 2.68. The van der Waals surface area contributed by atoms with Crippen LogP contribution in [-0.2, 0) is 0 Å². The van der Waals surface area contributed by atoms with Crippen molar-refractivity contribution in [3.63, 3.8) is 0 Å². The van der Waals surface area contributed by atoms with E-state index in [1.165, 1.54) is 0 Å². The zero-order chi connectivity index (χ0) is 10.5. The van der Waals surface area contributed by atoms with Crippen LogP contribution in [0.3, 0.4) is 0 Å². The first-order valence-electron chi connectivity index (χ1n) is 4.53. The van der Waals surface area contributed by atoms with Crippen LogP contribution < -0.4 is 9.47 Å². The Hall–Kier alpha value is -2.03. The summed E-state index contributed by atoms with van der Waals surface area (Å²) in [6, 6.07) is 12.7. The molecule has 1 aromatic carbocycles. The van der Waals surface area contributed by atoms with Gasteiger partial charge in [0.2, 0.25) is 5.88 Å². The molecule has 3 nitrogen and oxygen atoms in total. The van der Waals surface area contributed by atoms with Crippen molar-refractivity contribution >= 4 is 0 Å². The van der Waals surface area contributed by atoms with E-state index in [2.05, 4.69) is 11.2 Å². The van der Waals surface area contributed by atoms with Crippen LogP contribution in [0.1, 0.15) is 0 Å². The highest BCUT2D eigenvalue weighted by Crippen LogP contribution is 2.23. The summed E-state index contributed by atoms with van der Waals surface area (Å²) < 4.78 is 10.6. The monoisotopic (exact) mass is 200 g/mol. The summed E-state index contributed by atoms with van der Waals surface area (Å²) in [6.45, 7) is 0. The molecule has 0 bridgehead atoms. The van der Waals surface area contributed by atoms with E-state index < -0.39 is 0 Å². The van der Waals surface area contributed by atoms with Gasteiger partial charge in [-0.25, -0.2) is 4.98 Å². The number of hydrogen-bond acceptors (Lipinski definition) is 3.